The van der Waals surface area contributed by atoms with Crippen LogP contribution in [0.5, 0.6) is 5.75 Å². The number of aromatic nitrogens is 3. The number of pyridine rings is 2. The number of imidazole rings is 1. The average molecular weight is 508 g/mol. The molecule has 3 aromatic rings. The molecule has 0 saturated carbocycles. The van der Waals surface area contributed by atoms with Crippen LogP contribution in [0.4, 0.5) is 5.82 Å². The molecule has 0 unspecified atom stereocenters. The first-order valence-electron chi connectivity index (χ1n) is 11.2. The molecule has 0 spiro atoms. The van der Waals surface area contributed by atoms with Crippen molar-refractivity contribution < 1.29 is 17.6 Å². The van der Waals surface area contributed by atoms with E-state index in [1.54, 1.807) is 55.8 Å². The Morgan fingerprint density at radius 2 is 1.91 bits per heavy atom. The van der Waals surface area contributed by atoms with Crippen molar-refractivity contribution in [2.75, 3.05) is 52.1 Å². The minimum Gasteiger partial charge on any atom is -0.490 e. The van der Waals surface area contributed by atoms with Gasteiger partial charge >= 0.3 is 0 Å². The number of hydrogen-bond acceptors (Lipinski definition) is 7. The minimum atomic E-state index is -3.70. The van der Waals surface area contributed by atoms with E-state index in [9.17, 15) is 8.42 Å². The van der Waals surface area contributed by atoms with Gasteiger partial charge < -0.3 is 15.4 Å². The van der Waals surface area contributed by atoms with E-state index in [-0.39, 0.29) is 15.9 Å². The van der Waals surface area contributed by atoms with E-state index in [2.05, 4.69) is 26.8 Å². The number of nitrogens with zero attached hydrogens (tertiary/aromatic N) is 4. The van der Waals surface area contributed by atoms with Crippen molar-refractivity contribution >= 4 is 32.9 Å². The van der Waals surface area contributed by atoms with E-state index in [1.165, 1.54) is 0 Å². The van der Waals surface area contributed by atoms with Crippen LogP contribution in [0.1, 0.15) is 20.8 Å². The highest BCUT2D eigenvalue weighted by atomic mass is 35.5. The highest BCUT2D eigenvalue weighted by Crippen LogP contribution is 2.33. The summed E-state index contributed by atoms with van der Waals surface area (Å²) in [5.74, 6) is 0.619. The van der Waals surface area contributed by atoms with Gasteiger partial charge in [-0.1, -0.05) is 11.6 Å². The number of likely N-dealkylation sites (N-methyl/N-ethyl adjacent to an activating group) is 1. The zero-order chi connectivity index (χ0) is 24.7. The maximum Gasteiger partial charge on any atom is 0.288 e. The molecule has 0 aromatic carbocycles. The molecule has 1 aliphatic heterocycles. The Bertz CT molecular complexity index is 1270. The van der Waals surface area contributed by atoms with Gasteiger partial charge in [0.2, 0.25) is 0 Å². The predicted octanol–water partition coefficient (Wildman–Crippen LogP) is 2.25. The van der Waals surface area contributed by atoms with Crippen LogP contribution in [0.25, 0.3) is 16.9 Å². The van der Waals surface area contributed by atoms with Crippen molar-refractivity contribution in [1.29, 1.82) is 0 Å². The number of fused-ring (bicyclic) bond motifs is 1. The second-order valence-corrected chi connectivity index (χ2v) is 12.7. The maximum atomic E-state index is 13.5. The summed E-state index contributed by atoms with van der Waals surface area (Å²) in [6, 6.07) is 5.12. The third-order valence-corrected chi connectivity index (χ3v) is 8.79. The molecule has 1 fully saturated rings. The Balaban J connectivity index is 1.72. The largest absolute Gasteiger partial charge is 0.490 e. The normalized spacial score (nSPS) is 16.3. The van der Waals surface area contributed by atoms with Gasteiger partial charge in [0.05, 0.1) is 10.8 Å². The van der Waals surface area contributed by atoms with Crippen molar-refractivity contribution in [2.45, 2.75) is 30.4 Å². The lowest BCUT2D eigenvalue weighted by Gasteiger charge is -2.32. The molecule has 4 rings (SSSR count). The summed E-state index contributed by atoms with van der Waals surface area (Å²) in [6.45, 7) is 10.2. The molecule has 4 heterocycles. The zero-order valence-electron chi connectivity index (χ0n) is 20.0. The van der Waals surface area contributed by atoms with Crippen LogP contribution in [-0.4, -0.2) is 79.3 Å². The molecule has 0 radical (unpaired) electrons. The van der Waals surface area contributed by atoms with Crippen LogP contribution in [0, 0.1) is 0 Å². The molecule has 34 heavy (non-hydrogen) atoms. The number of piperazine rings is 1. The fourth-order valence-electron chi connectivity index (χ4n) is 3.93. The summed E-state index contributed by atoms with van der Waals surface area (Å²) >= 11 is 6.10. The van der Waals surface area contributed by atoms with Crippen LogP contribution in [0.2, 0.25) is 5.15 Å². The predicted molar refractivity (Wildman–Crippen MR) is 133 cm³/mol. The summed E-state index contributed by atoms with van der Waals surface area (Å²) < 4.78 is 33.9. The quantitative estimate of drug-likeness (QED) is 0.389. The third-order valence-electron chi connectivity index (χ3n) is 6.10. The van der Waals surface area contributed by atoms with E-state index in [0.717, 1.165) is 38.3 Å². The highest BCUT2D eigenvalue weighted by molar-refractivity contribution is 7.92. The molecule has 0 atom stereocenters. The topological polar surface area (TPSA) is 109 Å². The van der Waals surface area contributed by atoms with Crippen molar-refractivity contribution in [3.05, 3.63) is 35.7 Å². The van der Waals surface area contributed by atoms with Crippen molar-refractivity contribution in [2.24, 2.45) is 0 Å². The minimum absolute atomic E-state index is 0.143. The Hall–Kier alpha value is -2.40. The summed E-state index contributed by atoms with van der Waals surface area (Å²) in [4.78, 5) is 12.0. The van der Waals surface area contributed by atoms with E-state index >= 15 is 0 Å². The van der Waals surface area contributed by atoms with Crippen molar-refractivity contribution in [3.63, 3.8) is 0 Å². The van der Waals surface area contributed by atoms with Crippen LogP contribution < -0.4 is 14.9 Å². The fourth-order valence-corrected chi connectivity index (χ4v) is 5.43. The Kier molecular flexibility index (Phi) is 6.78. The fraction of sp³-hybridized carbons (Fsp3) is 0.478. The smallest absolute Gasteiger partial charge is 0.288 e. The first-order valence-corrected chi connectivity index (χ1v) is 13.1. The van der Waals surface area contributed by atoms with Crippen molar-refractivity contribution in [3.8, 4) is 17.0 Å². The number of ether oxygens (including phenoxy) is 1. The number of anilines is 1. The standard InChI is InChI=1S/C23H31ClN6O3S/c1-23(2,3)34(31,32)19-15-30-17(16-11-20(24)27-21(25)12-16)14-26-22(30)13-18(19)33-10-9-29-7-5-28(4)6-8-29/h11-15H,5-10H2,1-4H3,(H2,25,27)/p+1. The lowest BCUT2D eigenvalue weighted by Crippen LogP contribution is -2.45. The van der Waals surface area contributed by atoms with Crippen molar-refractivity contribution in [1.82, 2.24) is 19.8 Å². The summed E-state index contributed by atoms with van der Waals surface area (Å²) in [5.41, 5.74) is 7.99. The first-order chi connectivity index (χ1) is 16.0. The van der Waals surface area contributed by atoms with E-state index in [4.69, 9.17) is 22.1 Å². The number of sulfone groups is 1. The van der Waals surface area contributed by atoms with Gasteiger partial charge in [-0.25, -0.2) is 18.4 Å². The number of nitrogens with one attached hydrogen (secondary N) is 1. The molecule has 184 valence electrons. The number of H-pyrrole nitrogens is 1. The summed E-state index contributed by atoms with van der Waals surface area (Å²) in [6.07, 6.45) is 3.39. The molecule has 1 aliphatic rings. The number of aromatic amines is 1. The molecular formula is C23H32ClN6O3S+. The molecule has 0 aliphatic carbocycles. The lowest BCUT2D eigenvalue weighted by molar-refractivity contribution is -0.500. The Morgan fingerprint density at radius 3 is 2.56 bits per heavy atom. The van der Waals surface area contributed by atoms with Gasteiger partial charge in [-0.05, 0) is 40.0 Å². The molecule has 11 heteroatoms. The van der Waals surface area contributed by atoms with Gasteiger partial charge in [-0.2, -0.15) is 4.40 Å². The van der Waals surface area contributed by atoms with Gasteiger partial charge in [0.1, 0.15) is 40.6 Å². The number of nitrogen functional groups attached to an aromatic ring is 1. The van der Waals surface area contributed by atoms with Gasteiger partial charge in [-0.3, -0.25) is 4.90 Å². The Labute approximate surface area is 205 Å². The Morgan fingerprint density at radius 1 is 1.21 bits per heavy atom. The van der Waals surface area contributed by atoms with Gasteiger partial charge in [0, 0.05) is 38.3 Å². The van der Waals surface area contributed by atoms with E-state index in [0.29, 0.717) is 23.7 Å². The van der Waals surface area contributed by atoms with Crippen LogP contribution in [0.3, 0.4) is 0 Å². The third kappa shape index (κ3) is 5.00. The van der Waals surface area contributed by atoms with Crippen LogP contribution in [-0.2, 0) is 9.84 Å². The number of halogens is 1. The number of hydrogen-bond donors (Lipinski definition) is 2. The van der Waals surface area contributed by atoms with Gasteiger partial charge in [-0.15, -0.1) is 0 Å². The molecule has 1 saturated heterocycles. The molecule has 3 aromatic heterocycles. The van der Waals surface area contributed by atoms with E-state index < -0.39 is 14.6 Å². The average Bonchev–Trinajstić information content (AvgIpc) is 3.16. The second kappa shape index (κ2) is 9.33. The monoisotopic (exact) mass is 507 g/mol. The highest BCUT2D eigenvalue weighted by Gasteiger charge is 2.36. The van der Waals surface area contributed by atoms with Gasteiger partial charge in [0.25, 0.3) is 5.65 Å². The SMILES string of the molecule is CN1CCN(CCOc2cc3[nH]cc(-c4cc(N)nc(Cl)c4)[n+]3cc2S(=O)(=O)C(C)(C)C)CC1. The first kappa shape index (κ1) is 24.7. The van der Waals surface area contributed by atoms with Crippen LogP contribution >= 0.6 is 11.6 Å². The molecule has 9 nitrogen and oxygen atoms in total. The number of nitrogens with two attached hydrogens (primary N) is 1. The van der Waals surface area contributed by atoms with Gasteiger partial charge in [0.15, 0.2) is 15.5 Å². The molecule has 0 bridgehead atoms. The zero-order valence-corrected chi connectivity index (χ0v) is 21.6. The lowest BCUT2D eigenvalue weighted by atomic mass is 10.2. The summed E-state index contributed by atoms with van der Waals surface area (Å²) in [5, 5.41) is 0.261. The number of rotatable bonds is 6. The molecule has 0 amide bonds. The maximum absolute atomic E-state index is 13.5. The second-order valence-electron chi connectivity index (χ2n) is 9.64. The van der Waals surface area contributed by atoms with Crippen LogP contribution in [0.15, 0.2) is 35.5 Å². The summed E-state index contributed by atoms with van der Waals surface area (Å²) in [7, 11) is -1.58. The van der Waals surface area contributed by atoms with E-state index in [1.807, 2.05) is 0 Å². The molecular weight excluding hydrogens is 476 g/mol. The molecule has 3 N–H and O–H groups in total.